The highest BCUT2D eigenvalue weighted by Gasteiger charge is 2.26. The van der Waals surface area contributed by atoms with Gasteiger partial charge in [0, 0.05) is 24.7 Å². The maximum absolute atomic E-state index is 11.1. The summed E-state index contributed by atoms with van der Waals surface area (Å²) in [4.78, 5) is 13.4. The molecule has 1 aliphatic heterocycles. The van der Waals surface area contributed by atoms with Gasteiger partial charge in [0.2, 0.25) is 0 Å². The van der Waals surface area contributed by atoms with Crippen LogP contribution in [0.2, 0.25) is 0 Å². The van der Waals surface area contributed by atoms with Crippen LogP contribution in [0.4, 0.5) is 0 Å². The van der Waals surface area contributed by atoms with Crippen LogP contribution in [0.25, 0.3) is 0 Å². The minimum atomic E-state index is 0.214. The molecule has 0 saturated carbocycles. The zero-order chi connectivity index (χ0) is 9.97. The number of ketones is 1. The van der Waals surface area contributed by atoms with E-state index in [4.69, 9.17) is 0 Å². The van der Waals surface area contributed by atoms with Crippen LogP contribution in [-0.2, 0) is 4.79 Å². The van der Waals surface area contributed by atoms with Crippen LogP contribution in [0.1, 0.15) is 32.1 Å². The number of rotatable bonds is 2. The topological polar surface area (TPSA) is 40.5 Å². The first-order valence-corrected chi connectivity index (χ1v) is 5.42. The van der Waals surface area contributed by atoms with Crippen molar-refractivity contribution in [1.82, 2.24) is 4.90 Å². The molecular weight excluding hydrogens is 178 g/mol. The molecule has 0 aromatic carbocycles. The van der Waals surface area contributed by atoms with Gasteiger partial charge in [-0.25, -0.2) is 0 Å². The Balaban J connectivity index is 2.07. The zero-order valence-corrected chi connectivity index (χ0v) is 8.41. The van der Waals surface area contributed by atoms with Gasteiger partial charge in [-0.1, -0.05) is 0 Å². The largest absolute Gasteiger partial charge is 0.394 e. The molecular formula is C11H17NO2. The van der Waals surface area contributed by atoms with E-state index in [1.165, 1.54) is 12.8 Å². The number of allylic oxidation sites excluding steroid dienone is 2. The van der Waals surface area contributed by atoms with Crippen LogP contribution in [0.15, 0.2) is 11.8 Å². The number of likely N-dealkylation sites (tertiary alicyclic amines) is 1. The fourth-order valence-corrected chi connectivity index (χ4v) is 2.38. The summed E-state index contributed by atoms with van der Waals surface area (Å²) in [5.41, 5.74) is 1.15. The maximum Gasteiger partial charge on any atom is 0.157 e. The SMILES string of the molecule is O=C1C=C(N2CCCCC2CO)CC1. The van der Waals surface area contributed by atoms with Gasteiger partial charge < -0.3 is 10.0 Å². The normalized spacial score (nSPS) is 28.1. The second kappa shape index (κ2) is 4.13. The predicted molar refractivity (Wildman–Crippen MR) is 53.8 cm³/mol. The molecule has 14 heavy (non-hydrogen) atoms. The third-order valence-electron chi connectivity index (χ3n) is 3.16. The molecule has 0 amide bonds. The average molecular weight is 195 g/mol. The van der Waals surface area contributed by atoms with Gasteiger partial charge >= 0.3 is 0 Å². The van der Waals surface area contributed by atoms with Gasteiger partial charge in [-0.05, 0) is 25.7 Å². The molecule has 0 radical (unpaired) electrons. The summed E-state index contributed by atoms with van der Waals surface area (Å²) < 4.78 is 0. The summed E-state index contributed by atoms with van der Waals surface area (Å²) in [5.74, 6) is 0.238. The smallest absolute Gasteiger partial charge is 0.157 e. The van der Waals surface area contributed by atoms with Crippen molar-refractivity contribution in [2.75, 3.05) is 13.2 Å². The molecule has 1 heterocycles. The standard InChI is InChI=1S/C11H17NO2/c13-8-10-3-1-2-6-12(10)9-4-5-11(14)7-9/h7,10,13H,1-6,8H2. The Morgan fingerprint density at radius 2 is 2.29 bits per heavy atom. The highest BCUT2D eigenvalue weighted by molar-refractivity contribution is 5.92. The van der Waals surface area contributed by atoms with E-state index in [1.54, 1.807) is 6.08 Å². The van der Waals surface area contributed by atoms with Crippen molar-refractivity contribution in [3.63, 3.8) is 0 Å². The Morgan fingerprint density at radius 1 is 1.43 bits per heavy atom. The lowest BCUT2D eigenvalue weighted by molar-refractivity contribution is -0.114. The Morgan fingerprint density at radius 3 is 2.93 bits per heavy atom. The van der Waals surface area contributed by atoms with E-state index >= 15 is 0 Å². The first-order chi connectivity index (χ1) is 6.81. The van der Waals surface area contributed by atoms with Crippen LogP contribution >= 0.6 is 0 Å². The van der Waals surface area contributed by atoms with E-state index in [1.807, 2.05) is 0 Å². The molecule has 1 fully saturated rings. The highest BCUT2D eigenvalue weighted by Crippen LogP contribution is 2.26. The summed E-state index contributed by atoms with van der Waals surface area (Å²) >= 11 is 0. The van der Waals surface area contributed by atoms with Crippen molar-refractivity contribution in [3.8, 4) is 0 Å². The van der Waals surface area contributed by atoms with Gasteiger partial charge in [-0.2, -0.15) is 0 Å². The van der Waals surface area contributed by atoms with Crippen molar-refractivity contribution < 1.29 is 9.90 Å². The van der Waals surface area contributed by atoms with Crippen molar-refractivity contribution in [1.29, 1.82) is 0 Å². The lowest BCUT2D eigenvalue weighted by Crippen LogP contribution is -2.40. The fraction of sp³-hybridized carbons (Fsp3) is 0.727. The number of carbonyl (C=O) groups is 1. The second-order valence-corrected chi connectivity index (χ2v) is 4.13. The lowest BCUT2D eigenvalue weighted by atomic mass is 10.0. The molecule has 2 aliphatic rings. The number of piperidine rings is 1. The molecule has 0 spiro atoms. The second-order valence-electron chi connectivity index (χ2n) is 4.13. The number of aliphatic hydroxyl groups is 1. The first-order valence-electron chi connectivity index (χ1n) is 5.42. The highest BCUT2D eigenvalue weighted by atomic mass is 16.3. The molecule has 0 aromatic rings. The third kappa shape index (κ3) is 1.82. The van der Waals surface area contributed by atoms with E-state index < -0.39 is 0 Å². The maximum atomic E-state index is 11.1. The molecule has 1 unspecified atom stereocenters. The summed E-state index contributed by atoms with van der Waals surface area (Å²) in [6.45, 7) is 1.22. The zero-order valence-electron chi connectivity index (χ0n) is 8.41. The average Bonchev–Trinajstić information content (AvgIpc) is 2.65. The minimum Gasteiger partial charge on any atom is -0.394 e. The Hall–Kier alpha value is -0.830. The van der Waals surface area contributed by atoms with E-state index in [9.17, 15) is 9.90 Å². The van der Waals surface area contributed by atoms with Crippen molar-refractivity contribution >= 4 is 5.78 Å². The van der Waals surface area contributed by atoms with E-state index in [0.717, 1.165) is 25.1 Å². The summed E-state index contributed by atoms with van der Waals surface area (Å²) in [7, 11) is 0. The van der Waals surface area contributed by atoms with Gasteiger partial charge in [0.15, 0.2) is 5.78 Å². The number of hydrogen-bond acceptors (Lipinski definition) is 3. The van der Waals surface area contributed by atoms with E-state index in [2.05, 4.69) is 4.90 Å². The van der Waals surface area contributed by atoms with Crippen molar-refractivity contribution in [3.05, 3.63) is 11.8 Å². The van der Waals surface area contributed by atoms with E-state index in [-0.39, 0.29) is 18.4 Å². The fourth-order valence-electron chi connectivity index (χ4n) is 2.38. The first kappa shape index (κ1) is 9.71. The van der Waals surface area contributed by atoms with Crippen molar-refractivity contribution in [2.45, 2.75) is 38.1 Å². The molecule has 1 saturated heterocycles. The Kier molecular flexibility index (Phi) is 2.87. The summed E-state index contributed by atoms with van der Waals surface area (Å²) in [5, 5.41) is 9.23. The summed E-state index contributed by atoms with van der Waals surface area (Å²) in [6, 6.07) is 0.251. The number of hydrogen-bond donors (Lipinski definition) is 1. The molecule has 78 valence electrons. The predicted octanol–water partition coefficient (Wildman–Crippen LogP) is 1.08. The van der Waals surface area contributed by atoms with E-state index in [0.29, 0.717) is 6.42 Å². The van der Waals surface area contributed by atoms with Crippen LogP contribution in [0.3, 0.4) is 0 Å². The Bertz CT molecular complexity index is 260. The van der Waals surface area contributed by atoms with Crippen LogP contribution in [-0.4, -0.2) is 35.0 Å². The van der Waals surface area contributed by atoms with Crippen LogP contribution in [0, 0.1) is 0 Å². The lowest BCUT2D eigenvalue weighted by Gasteiger charge is -2.37. The van der Waals surface area contributed by atoms with Gasteiger partial charge in [0.05, 0.1) is 12.6 Å². The quantitative estimate of drug-likeness (QED) is 0.716. The number of carbonyl (C=O) groups excluding carboxylic acids is 1. The number of nitrogens with zero attached hydrogens (tertiary/aromatic N) is 1. The molecule has 1 aliphatic carbocycles. The molecule has 3 heteroatoms. The molecule has 1 atom stereocenters. The van der Waals surface area contributed by atoms with Gasteiger partial charge in [0.25, 0.3) is 0 Å². The molecule has 0 bridgehead atoms. The summed E-state index contributed by atoms with van der Waals surface area (Å²) in [6.07, 6.45) is 6.72. The van der Waals surface area contributed by atoms with Crippen LogP contribution < -0.4 is 0 Å². The Labute approximate surface area is 84.4 Å². The van der Waals surface area contributed by atoms with Crippen molar-refractivity contribution in [2.24, 2.45) is 0 Å². The third-order valence-corrected chi connectivity index (χ3v) is 3.16. The number of aliphatic hydroxyl groups excluding tert-OH is 1. The van der Waals surface area contributed by atoms with Gasteiger partial charge in [-0.15, -0.1) is 0 Å². The van der Waals surface area contributed by atoms with Gasteiger partial charge in [0.1, 0.15) is 0 Å². The minimum absolute atomic E-state index is 0.214. The molecule has 2 rings (SSSR count). The van der Waals surface area contributed by atoms with Crippen LogP contribution in [0.5, 0.6) is 0 Å². The van der Waals surface area contributed by atoms with Gasteiger partial charge in [-0.3, -0.25) is 4.79 Å². The molecule has 0 aromatic heterocycles. The molecule has 3 nitrogen and oxygen atoms in total. The molecule has 1 N–H and O–H groups in total. The monoisotopic (exact) mass is 195 g/mol.